The van der Waals surface area contributed by atoms with Crippen LogP contribution in [0.5, 0.6) is 5.75 Å². The van der Waals surface area contributed by atoms with Gasteiger partial charge in [-0.1, -0.05) is 19.1 Å². The van der Waals surface area contributed by atoms with Crippen LogP contribution in [0.2, 0.25) is 0 Å². The number of anilines is 1. The average molecular weight is 328 g/mol. The van der Waals surface area contributed by atoms with Crippen molar-refractivity contribution in [2.45, 2.75) is 19.9 Å². The van der Waals surface area contributed by atoms with Gasteiger partial charge in [-0.05, 0) is 24.6 Å². The third kappa shape index (κ3) is 3.37. The molecule has 0 spiro atoms. The lowest BCUT2D eigenvalue weighted by Crippen LogP contribution is -2.49. The van der Waals surface area contributed by atoms with E-state index in [1.165, 1.54) is 0 Å². The lowest BCUT2D eigenvalue weighted by Gasteiger charge is -2.36. The molecule has 1 saturated heterocycles. The van der Waals surface area contributed by atoms with Crippen molar-refractivity contribution < 1.29 is 9.53 Å². The highest BCUT2D eigenvalue weighted by molar-refractivity contribution is 5.92. The van der Waals surface area contributed by atoms with Crippen molar-refractivity contribution in [3.8, 4) is 5.75 Å². The Morgan fingerprint density at radius 1 is 1.17 bits per heavy atom. The summed E-state index contributed by atoms with van der Waals surface area (Å²) < 4.78 is 7.26. The van der Waals surface area contributed by atoms with Crippen LogP contribution in [0.3, 0.4) is 0 Å². The molecule has 24 heavy (non-hydrogen) atoms. The summed E-state index contributed by atoms with van der Waals surface area (Å²) in [7, 11) is 1.69. The highest BCUT2D eigenvalue weighted by Gasteiger charge is 2.24. The van der Waals surface area contributed by atoms with Crippen molar-refractivity contribution in [1.29, 1.82) is 0 Å². The Labute approximate surface area is 142 Å². The summed E-state index contributed by atoms with van der Waals surface area (Å²) >= 11 is 0. The second-order valence-corrected chi connectivity index (χ2v) is 5.92. The molecule has 0 atom stereocenters. The molecule has 1 fully saturated rings. The Kier molecular flexibility index (Phi) is 5.03. The second kappa shape index (κ2) is 7.38. The maximum absolute atomic E-state index is 12.6. The zero-order valence-corrected chi connectivity index (χ0v) is 14.3. The van der Waals surface area contributed by atoms with Gasteiger partial charge in [-0.3, -0.25) is 9.48 Å². The molecule has 0 aliphatic carbocycles. The summed E-state index contributed by atoms with van der Waals surface area (Å²) in [6.45, 7) is 5.91. The van der Waals surface area contributed by atoms with Gasteiger partial charge in [-0.2, -0.15) is 5.10 Å². The quantitative estimate of drug-likeness (QED) is 0.845. The molecule has 0 N–H and O–H groups in total. The standard InChI is InChI=1S/C18H24N4O2/c1-3-9-22-10-8-15(19-22)18(23)21-13-11-20(12-14-21)16-6-4-5-7-17(16)24-2/h4-8,10H,3,9,11-14H2,1-2H3. The van der Waals surface area contributed by atoms with E-state index in [1.807, 2.05) is 40.0 Å². The minimum absolute atomic E-state index is 0.0181. The number of hydrogen-bond acceptors (Lipinski definition) is 4. The first kappa shape index (κ1) is 16.4. The molecule has 1 aromatic heterocycles. The van der Waals surface area contributed by atoms with Gasteiger partial charge >= 0.3 is 0 Å². The predicted octanol–water partition coefficient (Wildman–Crippen LogP) is 2.26. The van der Waals surface area contributed by atoms with Crippen molar-refractivity contribution in [3.05, 3.63) is 42.2 Å². The van der Waals surface area contributed by atoms with E-state index in [-0.39, 0.29) is 5.91 Å². The van der Waals surface area contributed by atoms with Crippen LogP contribution in [0.1, 0.15) is 23.8 Å². The van der Waals surface area contributed by atoms with E-state index in [0.717, 1.165) is 37.5 Å². The maximum atomic E-state index is 12.6. The van der Waals surface area contributed by atoms with Crippen molar-refractivity contribution in [2.75, 3.05) is 38.2 Å². The first-order valence-corrected chi connectivity index (χ1v) is 8.43. The topological polar surface area (TPSA) is 50.6 Å². The predicted molar refractivity (Wildman–Crippen MR) is 93.6 cm³/mol. The molecule has 3 rings (SSSR count). The minimum Gasteiger partial charge on any atom is -0.495 e. The molecule has 1 amide bonds. The number of rotatable bonds is 5. The Balaban J connectivity index is 1.63. The number of carbonyl (C=O) groups is 1. The van der Waals surface area contributed by atoms with Gasteiger partial charge in [-0.15, -0.1) is 0 Å². The molecule has 6 nitrogen and oxygen atoms in total. The Hall–Kier alpha value is -2.50. The first-order valence-electron chi connectivity index (χ1n) is 8.43. The van der Waals surface area contributed by atoms with Crippen molar-refractivity contribution in [2.24, 2.45) is 0 Å². The van der Waals surface area contributed by atoms with Crippen LogP contribution in [0.15, 0.2) is 36.5 Å². The number of aryl methyl sites for hydroxylation is 1. The molecule has 0 bridgehead atoms. The smallest absolute Gasteiger partial charge is 0.274 e. The van der Waals surface area contributed by atoms with E-state index in [2.05, 4.69) is 23.0 Å². The number of amides is 1. The number of nitrogens with zero attached hydrogens (tertiary/aromatic N) is 4. The number of ether oxygens (including phenoxy) is 1. The molecule has 0 radical (unpaired) electrons. The molecular formula is C18H24N4O2. The van der Waals surface area contributed by atoms with Crippen molar-refractivity contribution in [3.63, 3.8) is 0 Å². The van der Waals surface area contributed by atoms with Crippen molar-refractivity contribution >= 4 is 11.6 Å². The molecule has 2 aromatic rings. The molecular weight excluding hydrogens is 304 g/mol. The van der Waals surface area contributed by atoms with Crippen LogP contribution >= 0.6 is 0 Å². The Morgan fingerprint density at radius 3 is 2.62 bits per heavy atom. The van der Waals surface area contributed by atoms with Gasteiger partial charge in [-0.25, -0.2) is 0 Å². The summed E-state index contributed by atoms with van der Waals surface area (Å²) in [6, 6.07) is 9.81. The van der Waals surface area contributed by atoms with Crippen LogP contribution in [-0.2, 0) is 6.54 Å². The van der Waals surface area contributed by atoms with E-state index in [0.29, 0.717) is 18.8 Å². The number of aromatic nitrogens is 2. The average Bonchev–Trinajstić information content (AvgIpc) is 3.10. The number of para-hydroxylation sites is 2. The maximum Gasteiger partial charge on any atom is 0.274 e. The van der Waals surface area contributed by atoms with E-state index >= 15 is 0 Å². The highest BCUT2D eigenvalue weighted by atomic mass is 16.5. The summed E-state index contributed by atoms with van der Waals surface area (Å²) in [6.07, 6.45) is 2.88. The van der Waals surface area contributed by atoms with Crippen LogP contribution in [0.4, 0.5) is 5.69 Å². The lowest BCUT2D eigenvalue weighted by atomic mass is 10.2. The SMILES string of the molecule is CCCn1ccc(C(=O)N2CCN(c3ccccc3OC)CC2)n1. The molecule has 2 heterocycles. The van der Waals surface area contributed by atoms with Crippen LogP contribution in [0.25, 0.3) is 0 Å². The second-order valence-electron chi connectivity index (χ2n) is 5.92. The fraction of sp³-hybridized carbons (Fsp3) is 0.444. The Morgan fingerprint density at radius 2 is 1.92 bits per heavy atom. The van der Waals surface area contributed by atoms with E-state index in [4.69, 9.17) is 4.74 Å². The lowest BCUT2D eigenvalue weighted by molar-refractivity contribution is 0.0739. The van der Waals surface area contributed by atoms with E-state index in [1.54, 1.807) is 7.11 Å². The summed E-state index contributed by atoms with van der Waals surface area (Å²) in [5, 5.41) is 4.37. The van der Waals surface area contributed by atoms with Gasteiger partial charge in [0.15, 0.2) is 0 Å². The Bertz CT molecular complexity index is 690. The van der Waals surface area contributed by atoms with Crippen LogP contribution in [0, 0.1) is 0 Å². The van der Waals surface area contributed by atoms with Gasteiger partial charge in [0.25, 0.3) is 5.91 Å². The molecule has 1 aliphatic heterocycles. The summed E-state index contributed by atoms with van der Waals surface area (Å²) in [5.41, 5.74) is 1.62. The number of hydrogen-bond donors (Lipinski definition) is 0. The van der Waals surface area contributed by atoms with E-state index in [9.17, 15) is 4.79 Å². The fourth-order valence-electron chi connectivity index (χ4n) is 3.03. The molecule has 128 valence electrons. The third-order valence-electron chi connectivity index (χ3n) is 4.31. The van der Waals surface area contributed by atoms with Crippen LogP contribution in [-0.4, -0.2) is 53.9 Å². The van der Waals surface area contributed by atoms with Gasteiger partial charge in [0.05, 0.1) is 12.8 Å². The van der Waals surface area contributed by atoms with Crippen LogP contribution < -0.4 is 9.64 Å². The fourth-order valence-corrected chi connectivity index (χ4v) is 3.03. The van der Waals surface area contributed by atoms with Crippen molar-refractivity contribution in [1.82, 2.24) is 14.7 Å². The molecule has 6 heteroatoms. The van der Waals surface area contributed by atoms with Gasteiger partial charge < -0.3 is 14.5 Å². The molecule has 0 unspecified atom stereocenters. The van der Waals surface area contributed by atoms with E-state index < -0.39 is 0 Å². The highest BCUT2D eigenvalue weighted by Crippen LogP contribution is 2.28. The molecule has 1 aliphatic rings. The normalized spacial score (nSPS) is 14.8. The van der Waals surface area contributed by atoms with Gasteiger partial charge in [0.2, 0.25) is 0 Å². The monoisotopic (exact) mass is 328 g/mol. The third-order valence-corrected chi connectivity index (χ3v) is 4.31. The number of methoxy groups -OCH3 is 1. The molecule has 0 saturated carbocycles. The minimum atomic E-state index is 0.0181. The number of benzene rings is 1. The first-order chi connectivity index (χ1) is 11.7. The number of carbonyl (C=O) groups excluding carboxylic acids is 1. The summed E-state index contributed by atoms with van der Waals surface area (Å²) in [4.78, 5) is 16.7. The largest absolute Gasteiger partial charge is 0.495 e. The zero-order chi connectivity index (χ0) is 16.9. The van der Waals surface area contributed by atoms with Gasteiger partial charge in [0, 0.05) is 38.9 Å². The number of piperazine rings is 1. The zero-order valence-electron chi connectivity index (χ0n) is 14.3. The van der Waals surface area contributed by atoms with Gasteiger partial charge in [0.1, 0.15) is 11.4 Å². The summed E-state index contributed by atoms with van der Waals surface area (Å²) in [5.74, 6) is 0.889. The molecule has 1 aromatic carbocycles.